The zero-order valence-corrected chi connectivity index (χ0v) is 12.5. The molecular formula is C12H13BrN2O2S. The lowest BCUT2D eigenvalue weighted by Gasteiger charge is -2.09. The standard InChI is InChI=1S/C12H13BrN2O2S/c1-16-8-4-3-7(9(6-8)17-2)5-10-11(13)15-12(14)18-10/h3-4,6H,5H2,1-2H3,(H2,14,15). The molecule has 0 amide bonds. The van der Waals surface area contributed by atoms with Crippen LogP contribution in [-0.2, 0) is 6.42 Å². The van der Waals surface area contributed by atoms with Gasteiger partial charge in [0, 0.05) is 17.4 Å². The van der Waals surface area contributed by atoms with Crippen molar-refractivity contribution in [3.8, 4) is 11.5 Å². The molecule has 18 heavy (non-hydrogen) atoms. The van der Waals surface area contributed by atoms with Gasteiger partial charge in [0.2, 0.25) is 0 Å². The Morgan fingerprint density at radius 2 is 2.11 bits per heavy atom. The molecule has 0 bridgehead atoms. The van der Waals surface area contributed by atoms with Crippen LogP contribution in [0.3, 0.4) is 0 Å². The minimum absolute atomic E-state index is 0.560. The quantitative estimate of drug-likeness (QED) is 0.936. The van der Waals surface area contributed by atoms with Crippen molar-refractivity contribution in [2.75, 3.05) is 20.0 Å². The monoisotopic (exact) mass is 328 g/mol. The maximum atomic E-state index is 5.68. The van der Waals surface area contributed by atoms with Gasteiger partial charge in [-0.3, -0.25) is 0 Å². The second-order valence-electron chi connectivity index (χ2n) is 3.62. The van der Waals surface area contributed by atoms with Crippen LogP contribution in [0.1, 0.15) is 10.4 Å². The van der Waals surface area contributed by atoms with Crippen molar-refractivity contribution in [3.63, 3.8) is 0 Å². The second-order valence-corrected chi connectivity index (χ2v) is 5.49. The first-order valence-electron chi connectivity index (χ1n) is 5.25. The SMILES string of the molecule is COc1ccc(Cc2sc(N)nc2Br)c(OC)c1. The van der Waals surface area contributed by atoms with Crippen molar-refractivity contribution in [2.45, 2.75) is 6.42 Å². The molecule has 4 nitrogen and oxygen atoms in total. The molecular weight excluding hydrogens is 316 g/mol. The number of ether oxygens (including phenoxy) is 2. The molecule has 1 aromatic heterocycles. The van der Waals surface area contributed by atoms with Gasteiger partial charge in [-0.2, -0.15) is 0 Å². The molecule has 0 aliphatic heterocycles. The van der Waals surface area contributed by atoms with E-state index in [-0.39, 0.29) is 0 Å². The summed E-state index contributed by atoms with van der Waals surface area (Å²) in [7, 11) is 3.28. The van der Waals surface area contributed by atoms with Crippen LogP contribution in [0.15, 0.2) is 22.8 Å². The molecule has 0 atom stereocenters. The lowest BCUT2D eigenvalue weighted by molar-refractivity contribution is 0.391. The highest BCUT2D eigenvalue weighted by atomic mass is 79.9. The van der Waals surface area contributed by atoms with Crippen molar-refractivity contribution in [1.29, 1.82) is 0 Å². The Labute approximate surface area is 118 Å². The Balaban J connectivity index is 2.31. The van der Waals surface area contributed by atoms with Crippen molar-refractivity contribution in [1.82, 2.24) is 4.98 Å². The van der Waals surface area contributed by atoms with Crippen LogP contribution in [0.5, 0.6) is 11.5 Å². The highest BCUT2D eigenvalue weighted by Crippen LogP contribution is 2.32. The third-order valence-electron chi connectivity index (χ3n) is 2.51. The first-order valence-corrected chi connectivity index (χ1v) is 6.86. The number of rotatable bonds is 4. The molecule has 0 aliphatic carbocycles. The largest absolute Gasteiger partial charge is 0.497 e. The number of benzene rings is 1. The van der Waals surface area contributed by atoms with E-state index in [0.717, 1.165) is 33.0 Å². The van der Waals surface area contributed by atoms with Crippen LogP contribution in [0.25, 0.3) is 0 Å². The van der Waals surface area contributed by atoms with Gasteiger partial charge in [-0.15, -0.1) is 11.3 Å². The molecule has 2 rings (SSSR count). The van der Waals surface area contributed by atoms with E-state index >= 15 is 0 Å². The van der Waals surface area contributed by atoms with E-state index in [1.807, 2.05) is 18.2 Å². The third-order valence-corrected chi connectivity index (χ3v) is 4.31. The Kier molecular flexibility index (Phi) is 4.08. The molecule has 0 spiro atoms. The van der Waals surface area contributed by atoms with Gasteiger partial charge < -0.3 is 15.2 Å². The lowest BCUT2D eigenvalue weighted by Crippen LogP contribution is -1.94. The maximum absolute atomic E-state index is 5.68. The summed E-state index contributed by atoms with van der Waals surface area (Å²) in [5.41, 5.74) is 6.75. The van der Waals surface area contributed by atoms with Gasteiger partial charge in [0.15, 0.2) is 5.13 Å². The molecule has 2 N–H and O–H groups in total. The third kappa shape index (κ3) is 2.76. The van der Waals surface area contributed by atoms with Crippen molar-refractivity contribution in [3.05, 3.63) is 33.2 Å². The van der Waals surface area contributed by atoms with E-state index in [1.54, 1.807) is 14.2 Å². The first kappa shape index (κ1) is 13.2. The van der Waals surface area contributed by atoms with E-state index in [4.69, 9.17) is 15.2 Å². The van der Waals surface area contributed by atoms with Crippen LogP contribution >= 0.6 is 27.3 Å². The summed E-state index contributed by atoms with van der Waals surface area (Å²) >= 11 is 4.87. The molecule has 6 heteroatoms. The fraction of sp³-hybridized carbons (Fsp3) is 0.250. The number of nitrogen functional groups attached to an aromatic ring is 1. The Morgan fingerprint density at radius 1 is 1.33 bits per heavy atom. The minimum atomic E-state index is 0.560. The molecule has 2 aromatic rings. The van der Waals surface area contributed by atoms with Gasteiger partial charge in [0.1, 0.15) is 16.1 Å². The summed E-state index contributed by atoms with van der Waals surface area (Å²) in [6.07, 6.45) is 0.725. The Hall–Kier alpha value is -1.27. The zero-order chi connectivity index (χ0) is 13.1. The topological polar surface area (TPSA) is 57.4 Å². The van der Waals surface area contributed by atoms with Gasteiger partial charge >= 0.3 is 0 Å². The molecule has 1 aromatic carbocycles. The van der Waals surface area contributed by atoms with E-state index < -0.39 is 0 Å². The highest BCUT2D eigenvalue weighted by Gasteiger charge is 2.11. The molecule has 0 saturated carbocycles. The van der Waals surface area contributed by atoms with Gasteiger partial charge in [0.05, 0.1) is 14.2 Å². The van der Waals surface area contributed by atoms with E-state index in [2.05, 4.69) is 20.9 Å². The first-order chi connectivity index (χ1) is 8.63. The molecule has 0 unspecified atom stereocenters. The number of nitrogens with two attached hydrogens (primary N) is 1. The van der Waals surface area contributed by atoms with Crippen LogP contribution in [0, 0.1) is 0 Å². The number of methoxy groups -OCH3 is 2. The number of aromatic nitrogens is 1. The Bertz CT molecular complexity index is 557. The summed E-state index contributed by atoms with van der Waals surface area (Å²) < 4.78 is 11.3. The molecule has 0 saturated heterocycles. The summed E-state index contributed by atoms with van der Waals surface area (Å²) in [5, 5.41) is 0.560. The van der Waals surface area contributed by atoms with Crippen molar-refractivity contribution in [2.24, 2.45) is 0 Å². The zero-order valence-electron chi connectivity index (χ0n) is 10.1. The predicted molar refractivity (Wildman–Crippen MR) is 76.6 cm³/mol. The molecule has 1 heterocycles. The van der Waals surface area contributed by atoms with Crippen LogP contribution in [0.4, 0.5) is 5.13 Å². The van der Waals surface area contributed by atoms with Crippen LogP contribution in [0.2, 0.25) is 0 Å². The highest BCUT2D eigenvalue weighted by molar-refractivity contribution is 9.10. The lowest BCUT2D eigenvalue weighted by atomic mass is 10.1. The number of anilines is 1. The number of hydrogen-bond donors (Lipinski definition) is 1. The van der Waals surface area contributed by atoms with E-state index in [9.17, 15) is 0 Å². The fourth-order valence-corrected chi connectivity index (χ4v) is 3.07. The normalized spacial score (nSPS) is 10.4. The number of thiazole rings is 1. The minimum Gasteiger partial charge on any atom is -0.497 e. The van der Waals surface area contributed by atoms with Gasteiger partial charge in [-0.1, -0.05) is 6.07 Å². The van der Waals surface area contributed by atoms with Crippen LogP contribution < -0.4 is 15.2 Å². The molecule has 96 valence electrons. The summed E-state index contributed by atoms with van der Waals surface area (Å²) in [6.45, 7) is 0. The van der Waals surface area contributed by atoms with Crippen molar-refractivity contribution < 1.29 is 9.47 Å². The number of hydrogen-bond acceptors (Lipinski definition) is 5. The number of nitrogens with zero attached hydrogens (tertiary/aromatic N) is 1. The predicted octanol–water partition coefficient (Wildman–Crippen LogP) is 3.10. The smallest absolute Gasteiger partial charge is 0.181 e. The van der Waals surface area contributed by atoms with Crippen LogP contribution in [-0.4, -0.2) is 19.2 Å². The van der Waals surface area contributed by atoms with Gasteiger partial charge in [-0.05, 0) is 27.6 Å². The summed E-state index contributed by atoms with van der Waals surface area (Å²) in [4.78, 5) is 5.22. The van der Waals surface area contributed by atoms with E-state index in [0.29, 0.717) is 5.13 Å². The van der Waals surface area contributed by atoms with Crippen molar-refractivity contribution >= 4 is 32.4 Å². The van der Waals surface area contributed by atoms with Gasteiger partial charge in [0.25, 0.3) is 0 Å². The average molecular weight is 329 g/mol. The Morgan fingerprint density at radius 3 is 2.67 bits per heavy atom. The molecule has 0 radical (unpaired) electrons. The summed E-state index contributed by atoms with van der Waals surface area (Å²) in [6, 6.07) is 5.77. The molecule has 0 aliphatic rings. The average Bonchev–Trinajstić information content (AvgIpc) is 2.68. The molecule has 0 fully saturated rings. The summed E-state index contributed by atoms with van der Waals surface area (Å²) in [5.74, 6) is 1.58. The number of halogens is 1. The maximum Gasteiger partial charge on any atom is 0.181 e. The second kappa shape index (κ2) is 5.58. The fourth-order valence-electron chi connectivity index (χ4n) is 1.63. The van der Waals surface area contributed by atoms with Gasteiger partial charge in [-0.25, -0.2) is 4.98 Å². The van der Waals surface area contributed by atoms with E-state index in [1.165, 1.54) is 11.3 Å².